The van der Waals surface area contributed by atoms with E-state index in [0.717, 1.165) is 15.9 Å². The summed E-state index contributed by atoms with van der Waals surface area (Å²) in [6.45, 7) is 0. The molecule has 96 valence electrons. The molecular weight excluding hydrogens is 353 g/mol. The molecule has 19 heavy (non-hydrogen) atoms. The zero-order chi connectivity index (χ0) is 13.4. The molecule has 0 atom stereocenters. The molecule has 0 spiro atoms. The van der Waals surface area contributed by atoms with Gasteiger partial charge in [-0.2, -0.15) is 4.98 Å². The van der Waals surface area contributed by atoms with Crippen LogP contribution in [-0.4, -0.2) is 9.97 Å². The van der Waals surface area contributed by atoms with Crippen LogP contribution in [0.2, 0.25) is 5.28 Å². The van der Waals surface area contributed by atoms with Gasteiger partial charge in [-0.25, -0.2) is 9.37 Å². The summed E-state index contributed by atoms with van der Waals surface area (Å²) in [5.74, 6) is 0.293. The molecule has 3 nitrogen and oxygen atoms in total. The molecule has 0 aliphatic carbocycles. The third-order valence-electron chi connectivity index (χ3n) is 2.48. The second kappa shape index (κ2) is 5.03. The van der Waals surface area contributed by atoms with Gasteiger partial charge in [-0.15, -0.1) is 11.3 Å². The predicted octanol–water partition coefficient (Wildman–Crippen LogP) is 4.99. The standard InChI is InChI=1S/C12H6BrClFN3S/c13-8-5-6(1-2-9(8)15)16-10-7-3-4-19-11(7)18-12(14)17-10/h1-5H,(H,16,17,18). The van der Waals surface area contributed by atoms with Gasteiger partial charge in [-0.1, -0.05) is 0 Å². The summed E-state index contributed by atoms with van der Waals surface area (Å²) < 4.78 is 13.6. The average Bonchev–Trinajstić information content (AvgIpc) is 2.82. The van der Waals surface area contributed by atoms with Crippen LogP contribution in [0.4, 0.5) is 15.9 Å². The highest BCUT2D eigenvalue weighted by Crippen LogP contribution is 2.29. The van der Waals surface area contributed by atoms with E-state index in [2.05, 4.69) is 31.2 Å². The maximum Gasteiger partial charge on any atom is 0.225 e. The maximum atomic E-state index is 13.2. The Morgan fingerprint density at radius 3 is 2.89 bits per heavy atom. The Kier molecular flexibility index (Phi) is 3.38. The van der Waals surface area contributed by atoms with Gasteiger partial charge in [-0.3, -0.25) is 0 Å². The van der Waals surface area contributed by atoms with E-state index >= 15 is 0 Å². The van der Waals surface area contributed by atoms with Crippen molar-refractivity contribution in [1.82, 2.24) is 9.97 Å². The number of aromatic nitrogens is 2. The molecule has 1 N–H and O–H groups in total. The minimum Gasteiger partial charge on any atom is -0.340 e. The fourth-order valence-electron chi connectivity index (χ4n) is 1.64. The summed E-state index contributed by atoms with van der Waals surface area (Å²) in [5, 5.41) is 6.10. The van der Waals surface area contributed by atoms with Crippen molar-refractivity contribution in [2.75, 3.05) is 5.32 Å². The Morgan fingerprint density at radius 2 is 2.11 bits per heavy atom. The normalized spacial score (nSPS) is 10.9. The van der Waals surface area contributed by atoms with Crippen molar-refractivity contribution in [1.29, 1.82) is 0 Å². The zero-order valence-electron chi connectivity index (χ0n) is 9.32. The smallest absolute Gasteiger partial charge is 0.225 e. The molecular formula is C12H6BrClFN3S. The summed E-state index contributed by atoms with van der Waals surface area (Å²) >= 11 is 10.5. The number of halogens is 3. The first-order valence-corrected chi connectivity index (χ1v) is 7.31. The summed E-state index contributed by atoms with van der Waals surface area (Å²) in [6.07, 6.45) is 0. The zero-order valence-corrected chi connectivity index (χ0v) is 12.5. The highest BCUT2D eigenvalue weighted by Gasteiger charge is 2.09. The summed E-state index contributed by atoms with van der Waals surface area (Å²) in [4.78, 5) is 9.10. The monoisotopic (exact) mass is 357 g/mol. The van der Waals surface area contributed by atoms with E-state index in [0.29, 0.717) is 10.3 Å². The average molecular weight is 359 g/mol. The van der Waals surface area contributed by atoms with Gasteiger partial charge < -0.3 is 5.32 Å². The summed E-state index contributed by atoms with van der Waals surface area (Å²) in [6, 6.07) is 6.56. The lowest BCUT2D eigenvalue weighted by Crippen LogP contribution is -1.96. The second-order valence-electron chi connectivity index (χ2n) is 3.73. The van der Waals surface area contributed by atoms with Crippen molar-refractivity contribution < 1.29 is 4.39 Å². The maximum absolute atomic E-state index is 13.2. The molecule has 0 aliphatic rings. The van der Waals surface area contributed by atoms with Gasteiger partial charge in [0, 0.05) is 5.69 Å². The number of nitrogens with one attached hydrogen (secondary N) is 1. The number of thiophene rings is 1. The van der Waals surface area contributed by atoms with Crippen LogP contribution in [0.5, 0.6) is 0 Å². The van der Waals surface area contributed by atoms with E-state index in [1.807, 2.05) is 11.4 Å². The largest absolute Gasteiger partial charge is 0.340 e. The first kappa shape index (κ1) is 12.8. The quantitative estimate of drug-likeness (QED) is 0.656. The van der Waals surface area contributed by atoms with E-state index in [4.69, 9.17) is 11.6 Å². The van der Waals surface area contributed by atoms with Gasteiger partial charge in [0.15, 0.2) is 0 Å². The van der Waals surface area contributed by atoms with Gasteiger partial charge in [0.05, 0.1) is 9.86 Å². The number of fused-ring (bicyclic) bond motifs is 1. The van der Waals surface area contributed by atoms with Crippen LogP contribution < -0.4 is 5.32 Å². The molecule has 0 aliphatic heterocycles. The van der Waals surface area contributed by atoms with Crippen molar-refractivity contribution in [3.8, 4) is 0 Å². The van der Waals surface area contributed by atoms with Crippen LogP contribution in [0.15, 0.2) is 34.1 Å². The molecule has 2 heterocycles. The highest BCUT2D eigenvalue weighted by atomic mass is 79.9. The molecule has 0 bridgehead atoms. The number of rotatable bonds is 2. The first-order valence-electron chi connectivity index (χ1n) is 5.26. The van der Waals surface area contributed by atoms with E-state index in [9.17, 15) is 4.39 Å². The Bertz CT molecular complexity index is 762. The first-order chi connectivity index (χ1) is 9.13. The molecule has 0 saturated heterocycles. The number of hydrogen-bond acceptors (Lipinski definition) is 4. The van der Waals surface area contributed by atoms with Crippen LogP contribution >= 0.6 is 38.9 Å². The molecule has 1 aromatic carbocycles. The Hall–Kier alpha value is -1.24. The lowest BCUT2D eigenvalue weighted by molar-refractivity contribution is 0.621. The van der Waals surface area contributed by atoms with E-state index in [1.165, 1.54) is 17.4 Å². The van der Waals surface area contributed by atoms with Crippen LogP contribution in [0.3, 0.4) is 0 Å². The molecule has 3 rings (SSSR count). The summed E-state index contributed by atoms with van der Waals surface area (Å²) in [5.41, 5.74) is 0.718. The molecule has 2 aromatic heterocycles. The van der Waals surface area contributed by atoms with Crippen molar-refractivity contribution in [3.63, 3.8) is 0 Å². The van der Waals surface area contributed by atoms with Crippen LogP contribution in [0.1, 0.15) is 0 Å². The number of nitrogens with zero attached hydrogens (tertiary/aromatic N) is 2. The fourth-order valence-corrected chi connectivity index (χ4v) is 3.00. The van der Waals surface area contributed by atoms with E-state index < -0.39 is 0 Å². The Morgan fingerprint density at radius 1 is 1.26 bits per heavy atom. The highest BCUT2D eigenvalue weighted by molar-refractivity contribution is 9.10. The summed E-state index contributed by atoms with van der Waals surface area (Å²) in [7, 11) is 0. The molecule has 0 unspecified atom stereocenters. The van der Waals surface area contributed by atoms with E-state index in [1.54, 1.807) is 12.1 Å². The topological polar surface area (TPSA) is 37.8 Å². The predicted molar refractivity (Wildman–Crippen MR) is 79.8 cm³/mol. The third kappa shape index (κ3) is 2.56. The molecule has 0 amide bonds. The minimum absolute atomic E-state index is 0.179. The number of anilines is 2. The van der Waals surface area contributed by atoms with Gasteiger partial charge in [0.1, 0.15) is 16.5 Å². The minimum atomic E-state index is -0.313. The lowest BCUT2D eigenvalue weighted by atomic mass is 10.3. The van der Waals surface area contributed by atoms with Crippen LogP contribution in [0.25, 0.3) is 10.2 Å². The van der Waals surface area contributed by atoms with E-state index in [-0.39, 0.29) is 11.1 Å². The van der Waals surface area contributed by atoms with Crippen LogP contribution in [-0.2, 0) is 0 Å². The Balaban J connectivity index is 2.04. The molecule has 0 saturated carbocycles. The Labute approximate surface area is 125 Å². The SMILES string of the molecule is Fc1ccc(Nc2nc(Cl)nc3sccc23)cc1Br. The van der Waals surface area contributed by atoms with Gasteiger partial charge in [-0.05, 0) is 57.2 Å². The van der Waals surface area contributed by atoms with Crippen LogP contribution in [0, 0.1) is 5.82 Å². The van der Waals surface area contributed by atoms with Crippen molar-refractivity contribution in [2.45, 2.75) is 0 Å². The number of hydrogen-bond donors (Lipinski definition) is 1. The molecule has 7 heteroatoms. The van der Waals surface area contributed by atoms with Gasteiger partial charge in [0.2, 0.25) is 5.28 Å². The van der Waals surface area contributed by atoms with Crippen molar-refractivity contribution in [2.24, 2.45) is 0 Å². The van der Waals surface area contributed by atoms with Gasteiger partial charge >= 0.3 is 0 Å². The van der Waals surface area contributed by atoms with Gasteiger partial charge in [0.25, 0.3) is 0 Å². The fraction of sp³-hybridized carbons (Fsp3) is 0. The van der Waals surface area contributed by atoms with Crippen molar-refractivity contribution in [3.05, 3.63) is 45.2 Å². The second-order valence-corrected chi connectivity index (χ2v) is 5.82. The molecule has 0 radical (unpaired) electrons. The molecule has 3 aromatic rings. The number of benzene rings is 1. The van der Waals surface area contributed by atoms with Crippen molar-refractivity contribution >= 4 is 60.6 Å². The third-order valence-corrected chi connectivity index (χ3v) is 4.06. The lowest BCUT2D eigenvalue weighted by Gasteiger charge is -2.07. The molecule has 0 fully saturated rings.